The third-order valence-corrected chi connectivity index (χ3v) is 3.76. The smallest absolute Gasteiger partial charge is 0.123 e. The Labute approximate surface area is 122 Å². The Kier molecular flexibility index (Phi) is 3.67. The van der Waals surface area contributed by atoms with Crippen molar-refractivity contribution in [3.05, 3.63) is 77.2 Å². The van der Waals surface area contributed by atoms with E-state index in [1.807, 2.05) is 37.3 Å². The minimum atomic E-state index is -0.637. The van der Waals surface area contributed by atoms with Gasteiger partial charge in [-0.15, -0.1) is 0 Å². The molecule has 0 bridgehead atoms. The minimum Gasteiger partial charge on any atom is -0.388 e. The third kappa shape index (κ3) is 2.78. The first-order valence-electron chi connectivity index (χ1n) is 6.92. The van der Waals surface area contributed by atoms with Gasteiger partial charge in [0.05, 0.1) is 11.6 Å². The summed E-state index contributed by atoms with van der Waals surface area (Å²) >= 11 is 0. The molecule has 106 valence electrons. The van der Waals surface area contributed by atoms with Crippen LogP contribution in [0, 0.1) is 12.7 Å². The molecule has 0 spiro atoms. The number of aryl methyl sites for hydroxylation is 1. The average Bonchev–Trinajstić information content (AvgIpc) is 2.49. The Hall–Kier alpha value is -2.26. The van der Waals surface area contributed by atoms with E-state index in [1.54, 1.807) is 12.3 Å². The highest BCUT2D eigenvalue weighted by Crippen LogP contribution is 2.26. The van der Waals surface area contributed by atoms with Gasteiger partial charge < -0.3 is 5.11 Å². The second kappa shape index (κ2) is 5.62. The molecule has 21 heavy (non-hydrogen) atoms. The summed E-state index contributed by atoms with van der Waals surface area (Å²) in [7, 11) is 0. The van der Waals surface area contributed by atoms with Crippen molar-refractivity contribution in [2.45, 2.75) is 19.4 Å². The molecule has 0 radical (unpaired) electrons. The maximum atomic E-state index is 13.1. The summed E-state index contributed by atoms with van der Waals surface area (Å²) in [5.41, 5.74) is 3.52. The van der Waals surface area contributed by atoms with Crippen LogP contribution in [0.3, 0.4) is 0 Å². The molecule has 1 heterocycles. The topological polar surface area (TPSA) is 33.1 Å². The van der Waals surface area contributed by atoms with E-state index in [0.717, 1.165) is 27.6 Å². The van der Waals surface area contributed by atoms with Gasteiger partial charge in [0.1, 0.15) is 5.82 Å². The lowest BCUT2D eigenvalue weighted by Crippen LogP contribution is -2.04. The third-order valence-electron chi connectivity index (χ3n) is 3.76. The van der Waals surface area contributed by atoms with E-state index in [0.29, 0.717) is 6.42 Å². The highest BCUT2D eigenvalue weighted by atomic mass is 19.1. The summed E-state index contributed by atoms with van der Waals surface area (Å²) in [5, 5.41) is 11.5. The molecule has 2 aromatic carbocycles. The molecule has 0 amide bonds. The Balaban J connectivity index is 1.95. The second-order valence-corrected chi connectivity index (χ2v) is 5.21. The van der Waals surface area contributed by atoms with Gasteiger partial charge in [-0.2, -0.15) is 0 Å². The molecular weight excluding hydrogens is 265 g/mol. The summed E-state index contributed by atoms with van der Waals surface area (Å²) in [4.78, 5) is 4.30. The largest absolute Gasteiger partial charge is 0.388 e. The zero-order chi connectivity index (χ0) is 14.8. The van der Waals surface area contributed by atoms with Crippen molar-refractivity contribution in [1.29, 1.82) is 0 Å². The molecule has 0 aliphatic heterocycles. The van der Waals surface area contributed by atoms with Crippen LogP contribution in [0.15, 0.2) is 54.7 Å². The van der Waals surface area contributed by atoms with Crippen molar-refractivity contribution in [2.75, 3.05) is 0 Å². The van der Waals surface area contributed by atoms with Crippen LogP contribution >= 0.6 is 0 Å². The van der Waals surface area contributed by atoms with Crippen LogP contribution in [-0.4, -0.2) is 10.1 Å². The highest BCUT2D eigenvalue weighted by Gasteiger charge is 2.13. The predicted molar refractivity (Wildman–Crippen MR) is 81.5 cm³/mol. The zero-order valence-corrected chi connectivity index (χ0v) is 11.8. The van der Waals surface area contributed by atoms with Crippen LogP contribution in [0.25, 0.3) is 10.9 Å². The molecule has 3 rings (SSSR count). The van der Waals surface area contributed by atoms with Gasteiger partial charge in [0, 0.05) is 18.0 Å². The van der Waals surface area contributed by atoms with Crippen LogP contribution < -0.4 is 0 Å². The van der Waals surface area contributed by atoms with Crippen LogP contribution in [-0.2, 0) is 6.42 Å². The van der Waals surface area contributed by atoms with Crippen molar-refractivity contribution in [3.63, 3.8) is 0 Å². The van der Waals surface area contributed by atoms with E-state index in [1.165, 1.54) is 12.1 Å². The number of hydrogen-bond donors (Lipinski definition) is 1. The molecule has 1 atom stereocenters. The molecule has 0 aliphatic carbocycles. The van der Waals surface area contributed by atoms with Gasteiger partial charge in [-0.05, 0) is 47.9 Å². The second-order valence-electron chi connectivity index (χ2n) is 5.21. The maximum absolute atomic E-state index is 13.1. The van der Waals surface area contributed by atoms with Gasteiger partial charge in [-0.3, -0.25) is 4.98 Å². The van der Waals surface area contributed by atoms with Gasteiger partial charge >= 0.3 is 0 Å². The summed E-state index contributed by atoms with van der Waals surface area (Å²) < 4.78 is 13.1. The van der Waals surface area contributed by atoms with Crippen molar-refractivity contribution in [1.82, 2.24) is 4.98 Å². The van der Waals surface area contributed by atoms with Crippen LogP contribution in [0.1, 0.15) is 22.8 Å². The molecular formula is C18H16FNO. The summed E-state index contributed by atoms with van der Waals surface area (Å²) in [6.07, 6.45) is 1.53. The number of aliphatic hydroxyl groups excluding tert-OH is 1. The quantitative estimate of drug-likeness (QED) is 0.788. The number of benzene rings is 2. The Morgan fingerprint density at radius 1 is 1.14 bits per heavy atom. The zero-order valence-electron chi connectivity index (χ0n) is 11.8. The molecule has 3 aromatic rings. The molecule has 0 saturated carbocycles. The number of fused-ring (bicyclic) bond motifs is 1. The lowest BCUT2D eigenvalue weighted by molar-refractivity contribution is 0.179. The van der Waals surface area contributed by atoms with Crippen molar-refractivity contribution in [2.24, 2.45) is 0 Å². The van der Waals surface area contributed by atoms with Crippen molar-refractivity contribution in [3.8, 4) is 0 Å². The number of hydrogen-bond acceptors (Lipinski definition) is 2. The lowest BCUT2D eigenvalue weighted by Gasteiger charge is -2.15. The average molecular weight is 281 g/mol. The minimum absolute atomic E-state index is 0.250. The molecule has 0 fully saturated rings. The standard InChI is InChI=1S/C18H16FNO/c1-12-10-14(19)7-6-13(12)11-18(21)16-8-9-20-17-5-3-2-4-15(16)17/h2-10,18,21H,11H2,1H3. The predicted octanol–water partition coefficient (Wildman–Crippen LogP) is 3.96. The van der Waals surface area contributed by atoms with E-state index >= 15 is 0 Å². The Bertz CT molecular complexity index is 780. The SMILES string of the molecule is Cc1cc(F)ccc1CC(O)c1ccnc2ccccc12. The fourth-order valence-corrected chi connectivity index (χ4v) is 2.62. The molecule has 0 aliphatic rings. The maximum Gasteiger partial charge on any atom is 0.123 e. The summed E-state index contributed by atoms with van der Waals surface area (Å²) in [6, 6.07) is 14.2. The first-order valence-corrected chi connectivity index (χ1v) is 6.92. The first-order chi connectivity index (χ1) is 10.1. The van der Waals surface area contributed by atoms with E-state index in [2.05, 4.69) is 4.98 Å². The molecule has 1 unspecified atom stereocenters. The molecule has 1 N–H and O–H groups in total. The fraction of sp³-hybridized carbons (Fsp3) is 0.167. The molecule has 1 aromatic heterocycles. The fourth-order valence-electron chi connectivity index (χ4n) is 2.62. The first kappa shape index (κ1) is 13.7. The van der Waals surface area contributed by atoms with Crippen LogP contribution in [0.5, 0.6) is 0 Å². The number of nitrogens with zero attached hydrogens (tertiary/aromatic N) is 1. The monoisotopic (exact) mass is 281 g/mol. The number of para-hydroxylation sites is 1. The van der Waals surface area contributed by atoms with Gasteiger partial charge in [0.2, 0.25) is 0 Å². The molecule has 3 heteroatoms. The van der Waals surface area contributed by atoms with E-state index in [4.69, 9.17) is 0 Å². The Morgan fingerprint density at radius 3 is 2.76 bits per heavy atom. The highest BCUT2D eigenvalue weighted by molar-refractivity contribution is 5.82. The van der Waals surface area contributed by atoms with Gasteiger partial charge in [-0.1, -0.05) is 24.3 Å². The van der Waals surface area contributed by atoms with Gasteiger partial charge in [0.15, 0.2) is 0 Å². The lowest BCUT2D eigenvalue weighted by atomic mass is 9.96. The van der Waals surface area contributed by atoms with Crippen LogP contribution in [0.4, 0.5) is 4.39 Å². The number of rotatable bonds is 3. The van der Waals surface area contributed by atoms with E-state index < -0.39 is 6.10 Å². The molecule has 0 saturated heterocycles. The van der Waals surface area contributed by atoms with E-state index in [9.17, 15) is 9.50 Å². The van der Waals surface area contributed by atoms with E-state index in [-0.39, 0.29) is 5.82 Å². The van der Waals surface area contributed by atoms with Crippen LogP contribution in [0.2, 0.25) is 0 Å². The Morgan fingerprint density at radius 2 is 1.95 bits per heavy atom. The van der Waals surface area contributed by atoms with Gasteiger partial charge in [0.25, 0.3) is 0 Å². The summed E-state index contributed by atoms with van der Waals surface area (Å²) in [6.45, 7) is 1.86. The normalized spacial score (nSPS) is 12.5. The molecule has 2 nitrogen and oxygen atoms in total. The summed E-state index contributed by atoms with van der Waals surface area (Å²) in [5.74, 6) is -0.250. The van der Waals surface area contributed by atoms with Gasteiger partial charge in [-0.25, -0.2) is 4.39 Å². The van der Waals surface area contributed by atoms with Crippen molar-refractivity contribution < 1.29 is 9.50 Å². The van der Waals surface area contributed by atoms with Crippen molar-refractivity contribution >= 4 is 10.9 Å². The number of aromatic nitrogens is 1. The number of aliphatic hydroxyl groups is 1. The number of pyridine rings is 1. The number of halogens is 1.